The van der Waals surface area contributed by atoms with Gasteiger partial charge in [0.25, 0.3) is 0 Å². The summed E-state index contributed by atoms with van der Waals surface area (Å²) in [5.41, 5.74) is 2.37. The molecule has 1 fully saturated rings. The molecule has 0 unspecified atom stereocenters. The number of rotatable bonds is 9. The van der Waals surface area contributed by atoms with Crippen LogP contribution in [0.1, 0.15) is 43.9 Å². The summed E-state index contributed by atoms with van der Waals surface area (Å²) < 4.78 is 0. The highest BCUT2D eigenvalue weighted by Gasteiger charge is 2.20. The Balaban J connectivity index is 2.21. The molecule has 0 radical (unpaired) electrons. The average molecular weight is 289 g/mol. The first-order chi connectivity index (χ1) is 10.1. The molecule has 0 aromatic carbocycles. The molecule has 2 N–H and O–H groups in total. The third-order valence-electron chi connectivity index (χ3n) is 3.70. The second-order valence-electron chi connectivity index (χ2n) is 6.03. The number of aromatic nitrogens is 1. The van der Waals surface area contributed by atoms with Crippen molar-refractivity contribution in [1.82, 2.24) is 10.3 Å². The Morgan fingerprint density at radius 3 is 2.81 bits per heavy atom. The maximum Gasteiger partial charge on any atom is 0.129 e. The molecule has 21 heavy (non-hydrogen) atoms. The normalized spacial score (nSPS) is 14.5. The average Bonchev–Trinajstić information content (AvgIpc) is 3.29. The predicted molar refractivity (Wildman–Crippen MR) is 87.7 cm³/mol. The van der Waals surface area contributed by atoms with E-state index in [0.717, 1.165) is 18.1 Å². The quantitative estimate of drug-likeness (QED) is 0.686. The molecule has 0 spiro atoms. The zero-order valence-corrected chi connectivity index (χ0v) is 13.2. The highest BCUT2D eigenvalue weighted by Crippen LogP contribution is 2.23. The Bertz CT molecular complexity index is 469. The molecule has 1 saturated carbocycles. The highest BCUT2D eigenvalue weighted by atomic mass is 16.3. The molecule has 1 aromatic rings. The van der Waals surface area contributed by atoms with E-state index < -0.39 is 0 Å². The molecule has 1 heterocycles. The Kier molecular flexibility index (Phi) is 5.76. The molecule has 4 heteroatoms. The van der Waals surface area contributed by atoms with E-state index in [9.17, 15) is 5.11 Å². The van der Waals surface area contributed by atoms with Crippen molar-refractivity contribution in [1.29, 1.82) is 0 Å². The van der Waals surface area contributed by atoms with Gasteiger partial charge in [0.15, 0.2) is 0 Å². The fraction of sp³-hybridized carbons (Fsp3) is 0.588. The van der Waals surface area contributed by atoms with Crippen molar-refractivity contribution in [2.75, 3.05) is 24.6 Å². The number of pyridine rings is 1. The van der Waals surface area contributed by atoms with Gasteiger partial charge in [-0.2, -0.15) is 0 Å². The lowest BCUT2D eigenvalue weighted by molar-refractivity contribution is 0.302. The minimum atomic E-state index is 0.122. The van der Waals surface area contributed by atoms with Gasteiger partial charge in [-0.1, -0.05) is 19.9 Å². The van der Waals surface area contributed by atoms with E-state index in [1.807, 2.05) is 6.08 Å². The molecule has 4 nitrogen and oxygen atoms in total. The molecule has 116 valence electrons. The summed E-state index contributed by atoms with van der Waals surface area (Å²) in [6.07, 6.45) is 4.44. The lowest BCUT2D eigenvalue weighted by Gasteiger charge is -2.23. The summed E-state index contributed by atoms with van der Waals surface area (Å²) in [7, 11) is 0. The number of aliphatic hydroxyl groups is 1. The molecule has 1 aromatic heterocycles. The van der Waals surface area contributed by atoms with Crippen molar-refractivity contribution in [3.63, 3.8) is 0 Å². The molecule has 0 bridgehead atoms. The number of nitrogens with one attached hydrogen (secondary N) is 1. The van der Waals surface area contributed by atoms with Gasteiger partial charge in [-0.15, -0.1) is 6.58 Å². The van der Waals surface area contributed by atoms with E-state index >= 15 is 0 Å². The van der Waals surface area contributed by atoms with Gasteiger partial charge in [0, 0.05) is 31.4 Å². The molecular weight excluding hydrogens is 262 g/mol. The second kappa shape index (κ2) is 7.57. The summed E-state index contributed by atoms with van der Waals surface area (Å²) in [5.74, 6) is 1.33. The SMILES string of the molecule is C=CCN(CCO)c1cc(CNC2CC2)cc(C(C)C)n1. The van der Waals surface area contributed by atoms with Crippen LogP contribution in [0.2, 0.25) is 0 Å². The van der Waals surface area contributed by atoms with Crippen LogP contribution < -0.4 is 10.2 Å². The van der Waals surface area contributed by atoms with Crippen molar-refractivity contribution >= 4 is 5.82 Å². The van der Waals surface area contributed by atoms with Gasteiger partial charge in [-0.05, 0) is 36.5 Å². The first-order valence-electron chi connectivity index (χ1n) is 7.85. The number of hydrogen-bond donors (Lipinski definition) is 2. The second-order valence-corrected chi connectivity index (χ2v) is 6.03. The smallest absolute Gasteiger partial charge is 0.129 e. The van der Waals surface area contributed by atoms with Crippen molar-refractivity contribution < 1.29 is 5.11 Å². The maximum absolute atomic E-state index is 9.24. The summed E-state index contributed by atoms with van der Waals surface area (Å²) in [5, 5.41) is 12.8. The number of nitrogens with zero attached hydrogens (tertiary/aromatic N) is 2. The number of aliphatic hydroxyl groups excluding tert-OH is 1. The van der Waals surface area contributed by atoms with Crippen LogP contribution in [-0.4, -0.2) is 35.8 Å². The highest BCUT2D eigenvalue weighted by molar-refractivity contribution is 5.44. The van der Waals surface area contributed by atoms with Crippen LogP contribution in [0.3, 0.4) is 0 Å². The first-order valence-corrected chi connectivity index (χ1v) is 7.85. The summed E-state index contributed by atoms with van der Waals surface area (Å²) in [6, 6.07) is 5.01. The molecule has 0 aliphatic heterocycles. The molecule has 1 aliphatic carbocycles. The van der Waals surface area contributed by atoms with Gasteiger partial charge in [0.1, 0.15) is 5.82 Å². The van der Waals surface area contributed by atoms with E-state index in [4.69, 9.17) is 4.98 Å². The number of hydrogen-bond acceptors (Lipinski definition) is 4. The summed E-state index contributed by atoms with van der Waals surface area (Å²) >= 11 is 0. The van der Waals surface area contributed by atoms with E-state index in [1.165, 1.54) is 18.4 Å². The van der Waals surface area contributed by atoms with E-state index in [0.29, 0.717) is 25.0 Å². The predicted octanol–water partition coefficient (Wildman–Crippen LogP) is 2.44. The molecule has 0 atom stereocenters. The molecule has 0 amide bonds. The number of anilines is 1. The standard InChI is InChI=1S/C17H27N3O/c1-4-7-20(8-9-21)17-11-14(12-18-15-5-6-15)10-16(19-17)13(2)3/h4,10-11,13,15,18,21H,1,5-9,12H2,2-3H3. The zero-order chi connectivity index (χ0) is 15.2. The van der Waals surface area contributed by atoms with Gasteiger partial charge in [-0.25, -0.2) is 4.98 Å². The van der Waals surface area contributed by atoms with E-state index in [-0.39, 0.29) is 6.61 Å². The van der Waals surface area contributed by atoms with Crippen molar-refractivity contribution in [3.8, 4) is 0 Å². The fourth-order valence-corrected chi connectivity index (χ4v) is 2.28. The minimum Gasteiger partial charge on any atom is -0.395 e. The third-order valence-corrected chi connectivity index (χ3v) is 3.70. The topological polar surface area (TPSA) is 48.4 Å². The van der Waals surface area contributed by atoms with Crippen LogP contribution in [0, 0.1) is 0 Å². The van der Waals surface area contributed by atoms with Gasteiger partial charge in [-0.3, -0.25) is 0 Å². The van der Waals surface area contributed by atoms with Gasteiger partial charge in [0.05, 0.1) is 6.61 Å². The summed E-state index contributed by atoms with van der Waals surface area (Å²) in [6.45, 7) is 10.4. The maximum atomic E-state index is 9.24. The van der Waals surface area contributed by atoms with Crippen LogP contribution in [0.25, 0.3) is 0 Å². The van der Waals surface area contributed by atoms with Crippen molar-refractivity contribution in [2.24, 2.45) is 0 Å². The zero-order valence-electron chi connectivity index (χ0n) is 13.2. The monoisotopic (exact) mass is 289 g/mol. The third kappa shape index (κ3) is 4.83. The molecule has 2 rings (SSSR count). The van der Waals surface area contributed by atoms with Crippen LogP contribution >= 0.6 is 0 Å². The van der Waals surface area contributed by atoms with E-state index in [2.05, 4.69) is 42.8 Å². The van der Waals surface area contributed by atoms with Crippen molar-refractivity contribution in [3.05, 3.63) is 36.0 Å². The van der Waals surface area contributed by atoms with Gasteiger partial charge < -0.3 is 15.3 Å². The van der Waals surface area contributed by atoms with Gasteiger partial charge >= 0.3 is 0 Å². The molecule has 0 saturated heterocycles. The first kappa shape index (κ1) is 16.0. The summed E-state index contributed by atoms with van der Waals surface area (Å²) in [4.78, 5) is 6.82. The van der Waals surface area contributed by atoms with Crippen LogP contribution in [0.5, 0.6) is 0 Å². The lowest BCUT2D eigenvalue weighted by Crippen LogP contribution is -2.28. The van der Waals surface area contributed by atoms with Gasteiger partial charge in [0.2, 0.25) is 0 Å². The van der Waals surface area contributed by atoms with E-state index in [1.54, 1.807) is 0 Å². The largest absolute Gasteiger partial charge is 0.395 e. The van der Waals surface area contributed by atoms with Crippen LogP contribution in [0.4, 0.5) is 5.82 Å². The Morgan fingerprint density at radius 1 is 1.48 bits per heavy atom. The Labute approximate surface area is 127 Å². The van der Waals surface area contributed by atoms with Crippen LogP contribution in [-0.2, 0) is 6.54 Å². The lowest BCUT2D eigenvalue weighted by atomic mass is 10.1. The Morgan fingerprint density at radius 2 is 2.24 bits per heavy atom. The fourth-order valence-electron chi connectivity index (χ4n) is 2.28. The van der Waals surface area contributed by atoms with Crippen molar-refractivity contribution in [2.45, 2.75) is 45.2 Å². The molecular formula is C17H27N3O. The van der Waals surface area contributed by atoms with Crippen LogP contribution in [0.15, 0.2) is 24.8 Å². The minimum absolute atomic E-state index is 0.122. The Hall–Kier alpha value is -1.39. The molecule has 1 aliphatic rings.